The van der Waals surface area contributed by atoms with Gasteiger partial charge in [-0.2, -0.15) is 0 Å². The molecule has 0 saturated heterocycles. The summed E-state index contributed by atoms with van der Waals surface area (Å²) in [5, 5.41) is 0. The van der Waals surface area contributed by atoms with Crippen LogP contribution in [0.1, 0.15) is 67.2 Å². The van der Waals surface area contributed by atoms with Gasteiger partial charge in [0.25, 0.3) is 0 Å². The molecule has 8 atom stereocenters. The van der Waals surface area contributed by atoms with Gasteiger partial charge in [-0.15, -0.1) is 0 Å². The van der Waals surface area contributed by atoms with Crippen molar-refractivity contribution < 1.29 is 9.47 Å². The molecule has 4 heteroatoms. The summed E-state index contributed by atoms with van der Waals surface area (Å²) in [5.41, 5.74) is 1.04. The molecule has 194 valence electrons. The van der Waals surface area contributed by atoms with Gasteiger partial charge in [0.2, 0.25) is 0 Å². The minimum atomic E-state index is 0.358. The monoisotopic (exact) mass is 618 g/mol. The third-order valence-electron chi connectivity index (χ3n) is 10.5. The fourth-order valence-electron chi connectivity index (χ4n) is 7.63. The van der Waals surface area contributed by atoms with E-state index in [0.717, 1.165) is 35.2 Å². The first-order valence-corrected chi connectivity index (χ1v) is 20.1. The van der Waals surface area contributed by atoms with E-state index in [1.54, 1.807) is 0 Å². The van der Waals surface area contributed by atoms with Crippen molar-refractivity contribution in [1.82, 2.24) is 0 Å². The summed E-state index contributed by atoms with van der Waals surface area (Å²) >= 11 is 0.730. The van der Waals surface area contributed by atoms with Crippen LogP contribution in [0.3, 0.4) is 0 Å². The van der Waals surface area contributed by atoms with E-state index in [9.17, 15) is 0 Å². The molecule has 4 saturated carbocycles. The van der Waals surface area contributed by atoms with Gasteiger partial charge in [0, 0.05) is 0 Å². The van der Waals surface area contributed by atoms with Gasteiger partial charge in [-0.05, 0) is 0 Å². The second-order valence-electron chi connectivity index (χ2n) is 13.3. The first-order valence-electron chi connectivity index (χ1n) is 14.0. The molecule has 2 aromatic carbocycles. The predicted octanol–water partition coefficient (Wildman–Crippen LogP) is 5.86. The summed E-state index contributed by atoms with van der Waals surface area (Å²) in [6.45, 7) is 14.6. The molecule has 0 radical (unpaired) electrons. The van der Waals surface area contributed by atoms with Crippen LogP contribution in [0.25, 0.3) is 0 Å². The van der Waals surface area contributed by atoms with Crippen LogP contribution in [-0.2, 0) is 0 Å². The van der Waals surface area contributed by atoms with Gasteiger partial charge >= 0.3 is 230 Å². The van der Waals surface area contributed by atoms with Crippen molar-refractivity contribution in [2.24, 2.45) is 46.3 Å². The molecule has 0 bridgehead atoms. The van der Waals surface area contributed by atoms with Crippen molar-refractivity contribution in [3.63, 3.8) is 0 Å². The topological polar surface area (TPSA) is 18.5 Å². The standard InChI is InChI=1S/C32H42O2Se2/c1-19-15-21-23(31(21,3)4)17-27(19)33-25-11-7-9-13-29(25)35-36-30-14-10-8-12-26(30)34-28-18-24-22(16-20(28)2)32(24,5)6/h7-14,19-24,27-28H,15-18H2,1-6H3/t19-,20-,21+,22+,23-,24-,27+,28+/m1/s1. The molecule has 2 nitrogen and oxygen atoms in total. The van der Waals surface area contributed by atoms with Crippen LogP contribution in [0.15, 0.2) is 48.5 Å². The molecule has 0 amide bonds. The number of rotatable bonds is 7. The first-order chi connectivity index (χ1) is 17.2. The van der Waals surface area contributed by atoms with Crippen LogP contribution in [0, 0.1) is 46.3 Å². The molecule has 2 aromatic rings. The summed E-state index contributed by atoms with van der Waals surface area (Å²) in [6, 6.07) is 17.7. The van der Waals surface area contributed by atoms with Crippen molar-refractivity contribution in [1.29, 1.82) is 0 Å². The van der Waals surface area contributed by atoms with Gasteiger partial charge in [0.05, 0.1) is 0 Å². The number of para-hydroxylation sites is 2. The van der Waals surface area contributed by atoms with E-state index < -0.39 is 0 Å². The number of fused-ring (bicyclic) bond motifs is 2. The normalized spacial score (nSPS) is 37.4. The zero-order chi connectivity index (χ0) is 25.2. The average molecular weight is 617 g/mol. The third kappa shape index (κ3) is 4.59. The van der Waals surface area contributed by atoms with Crippen molar-refractivity contribution in [2.75, 3.05) is 0 Å². The third-order valence-corrected chi connectivity index (χ3v) is 17.7. The van der Waals surface area contributed by atoms with Gasteiger partial charge in [-0.1, -0.05) is 0 Å². The SMILES string of the molecule is C[C@@H]1C[C@H]2[C@@H](C[C@@H]1Oc1ccccc1[Se][Se]c1ccccc1O[C@H]1C[C@@H]3[C@H](C[C@H]1C)C3(C)C)C2(C)C. The Morgan fingerprint density at radius 3 is 1.36 bits per heavy atom. The van der Waals surface area contributed by atoms with Crippen LogP contribution < -0.4 is 18.4 Å². The second-order valence-corrected chi connectivity index (χ2v) is 19.5. The van der Waals surface area contributed by atoms with E-state index in [2.05, 4.69) is 90.1 Å². The Kier molecular flexibility index (Phi) is 6.60. The van der Waals surface area contributed by atoms with Crippen molar-refractivity contribution in [2.45, 2.75) is 79.4 Å². The molecule has 6 rings (SSSR count). The van der Waals surface area contributed by atoms with Crippen molar-refractivity contribution in [3.8, 4) is 11.5 Å². The van der Waals surface area contributed by atoms with E-state index in [1.165, 1.54) is 34.6 Å². The molecule has 0 aromatic heterocycles. The summed E-state index contributed by atoms with van der Waals surface area (Å²) in [6.07, 6.45) is 5.80. The fraction of sp³-hybridized carbons (Fsp3) is 0.625. The predicted molar refractivity (Wildman–Crippen MR) is 151 cm³/mol. The van der Waals surface area contributed by atoms with E-state index in [1.807, 2.05) is 0 Å². The van der Waals surface area contributed by atoms with E-state index in [-0.39, 0.29) is 0 Å². The Hall–Kier alpha value is -0.921. The zero-order valence-electron chi connectivity index (χ0n) is 22.7. The van der Waals surface area contributed by atoms with Crippen LogP contribution in [0.2, 0.25) is 0 Å². The molecule has 0 unspecified atom stereocenters. The van der Waals surface area contributed by atoms with Crippen molar-refractivity contribution in [3.05, 3.63) is 48.5 Å². The summed E-state index contributed by atoms with van der Waals surface area (Å²) in [7, 11) is 0. The van der Waals surface area contributed by atoms with Crippen molar-refractivity contribution >= 4 is 35.2 Å². The Balaban J connectivity index is 1.12. The molecule has 0 aliphatic heterocycles. The minimum absolute atomic E-state index is 0.358. The van der Waals surface area contributed by atoms with E-state index in [0.29, 0.717) is 61.1 Å². The molecule has 0 heterocycles. The molecule has 4 aliphatic carbocycles. The maximum atomic E-state index is 6.77. The molecule has 4 aliphatic rings. The zero-order valence-corrected chi connectivity index (χ0v) is 26.1. The summed E-state index contributed by atoms with van der Waals surface area (Å²) in [4.78, 5) is 0. The van der Waals surface area contributed by atoms with Gasteiger partial charge in [0.1, 0.15) is 0 Å². The Morgan fingerprint density at radius 1 is 0.583 bits per heavy atom. The molecule has 36 heavy (non-hydrogen) atoms. The van der Waals surface area contributed by atoms with Crippen LogP contribution in [0.5, 0.6) is 11.5 Å². The van der Waals surface area contributed by atoms with Gasteiger partial charge in [-0.3, -0.25) is 0 Å². The van der Waals surface area contributed by atoms with Crippen LogP contribution >= 0.6 is 0 Å². The number of ether oxygens (including phenoxy) is 2. The Bertz CT molecular complexity index is 1020. The Morgan fingerprint density at radius 2 is 0.944 bits per heavy atom. The van der Waals surface area contributed by atoms with Gasteiger partial charge in [0.15, 0.2) is 0 Å². The van der Waals surface area contributed by atoms with E-state index >= 15 is 0 Å². The number of benzene rings is 2. The Labute approximate surface area is 229 Å². The fourth-order valence-corrected chi connectivity index (χ4v) is 14.4. The average Bonchev–Trinajstić information content (AvgIpc) is 3.60. The molecule has 0 N–H and O–H groups in total. The summed E-state index contributed by atoms with van der Waals surface area (Å²) in [5.74, 6) is 7.07. The first kappa shape index (κ1) is 25.4. The molecular formula is C32H42O2Se2. The number of hydrogen-bond donors (Lipinski definition) is 0. The summed E-state index contributed by atoms with van der Waals surface area (Å²) < 4.78 is 16.4. The van der Waals surface area contributed by atoms with Crippen LogP contribution in [0.4, 0.5) is 0 Å². The number of hydrogen-bond acceptors (Lipinski definition) is 2. The van der Waals surface area contributed by atoms with E-state index in [4.69, 9.17) is 9.47 Å². The molecule has 0 spiro atoms. The maximum absolute atomic E-state index is 6.77. The molecular weight excluding hydrogens is 574 g/mol. The quantitative estimate of drug-likeness (QED) is 0.363. The van der Waals surface area contributed by atoms with Gasteiger partial charge < -0.3 is 0 Å². The van der Waals surface area contributed by atoms with Crippen LogP contribution in [-0.4, -0.2) is 38.5 Å². The van der Waals surface area contributed by atoms with Gasteiger partial charge in [-0.25, -0.2) is 0 Å². The second kappa shape index (κ2) is 9.37. The molecule has 4 fully saturated rings.